The molecule has 2 unspecified atom stereocenters. The first-order valence-electron chi connectivity index (χ1n) is 7.79. The van der Waals surface area contributed by atoms with Gasteiger partial charge in [-0.1, -0.05) is 13.8 Å². The van der Waals surface area contributed by atoms with E-state index in [2.05, 4.69) is 23.9 Å². The molecule has 1 fully saturated rings. The third-order valence-corrected chi connectivity index (χ3v) is 4.02. The summed E-state index contributed by atoms with van der Waals surface area (Å²) in [4.78, 5) is 30.1. The van der Waals surface area contributed by atoms with E-state index in [4.69, 9.17) is 4.42 Å². The Morgan fingerprint density at radius 1 is 1.35 bits per heavy atom. The van der Waals surface area contributed by atoms with Crippen molar-refractivity contribution < 1.29 is 9.21 Å². The van der Waals surface area contributed by atoms with Crippen molar-refractivity contribution in [2.75, 3.05) is 13.1 Å². The highest BCUT2D eigenvalue weighted by atomic mass is 16.4. The summed E-state index contributed by atoms with van der Waals surface area (Å²) in [5.41, 5.74) is 0.607. The van der Waals surface area contributed by atoms with Gasteiger partial charge in [-0.2, -0.15) is 4.68 Å². The van der Waals surface area contributed by atoms with Gasteiger partial charge in [0.2, 0.25) is 5.91 Å². The first-order valence-corrected chi connectivity index (χ1v) is 7.79. The van der Waals surface area contributed by atoms with Gasteiger partial charge in [0.25, 0.3) is 5.89 Å². The predicted molar refractivity (Wildman–Crippen MR) is 83.5 cm³/mol. The van der Waals surface area contributed by atoms with Crippen molar-refractivity contribution in [3.05, 3.63) is 35.1 Å². The molecule has 0 radical (unpaired) electrons. The number of pyridine rings is 1. The number of carbonyl (C=O) groups excluding carboxylic acids is 1. The van der Waals surface area contributed by atoms with Crippen LogP contribution in [0.5, 0.6) is 0 Å². The number of piperidine rings is 1. The first kappa shape index (κ1) is 15.5. The van der Waals surface area contributed by atoms with Gasteiger partial charge in [0.05, 0.1) is 5.56 Å². The number of amides is 1. The van der Waals surface area contributed by atoms with Gasteiger partial charge in [-0.3, -0.25) is 9.78 Å². The van der Waals surface area contributed by atoms with E-state index in [1.807, 2.05) is 4.90 Å². The maximum absolute atomic E-state index is 12.4. The zero-order valence-electron chi connectivity index (χ0n) is 13.3. The van der Waals surface area contributed by atoms with E-state index in [0.29, 0.717) is 17.4 Å². The SMILES string of the molecule is CC1CC(C)CN(C(=O)Cn2nc(-c3cccnc3)oc2=O)C1. The molecule has 1 aliphatic heterocycles. The van der Waals surface area contributed by atoms with E-state index in [-0.39, 0.29) is 18.3 Å². The van der Waals surface area contributed by atoms with Gasteiger partial charge in [-0.05, 0) is 30.4 Å². The number of aromatic nitrogens is 3. The minimum absolute atomic E-state index is 0.0952. The molecule has 0 aromatic carbocycles. The Morgan fingerprint density at radius 2 is 2.09 bits per heavy atom. The van der Waals surface area contributed by atoms with Crippen LogP contribution in [0, 0.1) is 11.8 Å². The predicted octanol–water partition coefficient (Wildman–Crippen LogP) is 1.40. The topological polar surface area (TPSA) is 81.2 Å². The molecule has 3 heterocycles. The summed E-state index contributed by atoms with van der Waals surface area (Å²) in [6.45, 7) is 5.63. The van der Waals surface area contributed by atoms with Crippen molar-refractivity contribution in [2.45, 2.75) is 26.8 Å². The molecular weight excluding hydrogens is 296 g/mol. The molecule has 2 aromatic heterocycles. The number of hydrogen-bond donors (Lipinski definition) is 0. The lowest BCUT2D eigenvalue weighted by Gasteiger charge is -2.34. The number of likely N-dealkylation sites (tertiary alicyclic amines) is 1. The summed E-state index contributed by atoms with van der Waals surface area (Å²) >= 11 is 0. The summed E-state index contributed by atoms with van der Waals surface area (Å²) in [7, 11) is 0. The van der Waals surface area contributed by atoms with E-state index in [9.17, 15) is 9.59 Å². The van der Waals surface area contributed by atoms with Crippen LogP contribution >= 0.6 is 0 Å². The molecule has 0 bridgehead atoms. The molecule has 0 saturated carbocycles. The fraction of sp³-hybridized carbons (Fsp3) is 0.500. The summed E-state index contributed by atoms with van der Waals surface area (Å²) in [5.74, 6) is 0.397. The summed E-state index contributed by atoms with van der Waals surface area (Å²) in [6, 6.07) is 3.48. The Morgan fingerprint density at radius 3 is 2.74 bits per heavy atom. The van der Waals surface area contributed by atoms with Crippen molar-refractivity contribution in [3.8, 4) is 11.5 Å². The van der Waals surface area contributed by atoms with Crippen molar-refractivity contribution in [2.24, 2.45) is 11.8 Å². The van der Waals surface area contributed by atoms with Crippen LogP contribution in [0.2, 0.25) is 0 Å². The largest absolute Gasteiger partial charge is 0.437 e. The number of rotatable bonds is 3. The standard InChI is InChI=1S/C16H20N4O3/c1-11-6-12(2)9-19(8-11)14(21)10-20-16(22)23-15(18-20)13-4-3-5-17-7-13/h3-5,7,11-12H,6,8-10H2,1-2H3. The molecule has 1 aliphatic rings. The monoisotopic (exact) mass is 316 g/mol. The Hall–Kier alpha value is -2.44. The summed E-state index contributed by atoms with van der Waals surface area (Å²) < 4.78 is 6.19. The second-order valence-electron chi connectivity index (χ2n) is 6.32. The van der Waals surface area contributed by atoms with Gasteiger partial charge in [0.15, 0.2) is 0 Å². The van der Waals surface area contributed by atoms with Gasteiger partial charge in [0.1, 0.15) is 6.54 Å². The smallest absolute Gasteiger partial charge is 0.388 e. The lowest BCUT2D eigenvalue weighted by atomic mass is 9.92. The van der Waals surface area contributed by atoms with Crippen LogP contribution < -0.4 is 5.76 Å². The van der Waals surface area contributed by atoms with Crippen LogP contribution in [-0.2, 0) is 11.3 Å². The fourth-order valence-electron chi connectivity index (χ4n) is 3.11. The van der Waals surface area contributed by atoms with E-state index in [1.165, 1.54) is 0 Å². The average molecular weight is 316 g/mol. The van der Waals surface area contributed by atoms with Crippen LogP contribution in [0.15, 0.2) is 33.7 Å². The molecule has 1 saturated heterocycles. The zero-order chi connectivity index (χ0) is 16.4. The molecule has 7 nitrogen and oxygen atoms in total. The van der Waals surface area contributed by atoms with Gasteiger partial charge < -0.3 is 9.32 Å². The minimum Gasteiger partial charge on any atom is -0.388 e. The van der Waals surface area contributed by atoms with Crippen LogP contribution in [-0.4, -0.2) is 38.7 Å². The highest BCUT2D eigenvalue weighted by molar-refractivity contribution is 5.76. The van der Waals surface area contributed by atoms with Crippen molar-refractivity contribution in [1.82, 2.24) is 19.7 Å². The number of hydrogen-bond acceptors (Lipinski definition) is 5. The third kappa shape index (κ3) is 3.49. The molecular formula is C16H20N4O3. The van der Waals surface area contributed by atoms with Crippen molar-refractivity contribution >= 4 is 5.91 Å². The van der Waals surface area contributed by atoms with Crippen LogP contribution in [0.25, 0.3) is 11.5 Å². The fourth-order valence-corrected chi connectivity index (χ4v) is 3.11. The summed E-state index contributed by atoms with van der Waals surface area (Å²) in [5, 5.41) is 4.10. The van der Waals surface area contributed by atoms with Gasteiger partial charge >= 0.3 is 5.76 Å². The van der Waals surface area contributed by atoms with Crippen LogP contribution in [0.3, 0.4) is 0 Å². The normalized spacial score (nSPS) is 21.4. The molecule has 23 heavy (non-hydrogen) atoms. The van der Waals surface area contributed by atoms with E-state index in [0.717, 1.165) is 24.2 Å². The van der Waals surface area contributed by atoms with Gasteiger partial charge in [0, 0.05) is 25.5 Å². The van der Waals surface area contributed by atoms with Crippen molar-refractivity contribution in [1.29, 1.82) is 0 Å². The second kappa shape index (κ2) is 6.36. The molecule has 0 aliphatic carbocycles. The molecule has 0 N–H and O–H groups in total. The summed E-state index contributed by atoms with van der Waals surface area (Å²) in [6.07, 6.45) is 4.31. The Balaban J connectivity index is 1.74. The molecule has 122 valence electrons. The van der Waals surface area contributed by atoms with E-state index < -0.39 is 5.76 Å². The van der Waals surface area contributed by atoms with E-state index >= 15 is 0 Å². The van der Waals surface area contributed by atoms with Gasteiger partial charge in [-0.15, -0.1) is 5.10 Å². The molecule has 0 spiro atoms. The zero-order valence-corrected chi connectivity index (χ0v) is 13.3. The molecule has 3 rings (SSSR count). The van der Waals surface area contributed by atoms with Gasteiger partial charge in [-0.25, -0.2) is 4.79 Å². The highest BCUT2D eigenvalue weighted by Crippen LogP contribution is 2.21. The Kier molecular flexibility index (Phi) is 4.27. The number of carbonyl (C=O) groups is 1. The Bertz CT molecular complexity index is 727. The lowest BCUT2D eigenvalue weighted by molar-refractivity contribution is -0.134. The lowest BCUT2D eigenvalue weighted by Crippen LogP contribution is -2.44. The second-order valence-corrected chi connectivity index (χ2v) is 6.32. The molecule has 2 atom stereocenters. The molecule has 7 heteroatoms. The van der Waals surface area contributed by atoms with E-state index in [1.54, 1.807) is 24.5 Å². The quantitative estimate of drug-likeness (QED) is 0.855. The number of nitrogens with zero attached hydrogens (tertiary/aromatic N) is 4. The maximum atomic E-state index is 12.4. The average Bonchev–Trinajstić information content (AvgIpc) is 2.88. The van der Waals surface area contributed by atoms with Crippen molar-refractivity contribution in [3.63, 3.8) is 0 Å². The third-order valence-electron chi connectivity index (χ3n) is 4.02. The molecule has 1 amide bonds. The molecule has 2 aromatic rings. The van der Waals surface area contributed by atoms with Crippen LogP contribution in [0.1, 0.15) is 20.3 Å². The maximum Gasteiger partial charge on any atom is 0.437 e. The Labute approximate surface area is 133 Å². The minimum atomic E-state index is -0.629. The highest BCUT2D eigenvalue weighted by Gasteiger charge is 2.26. The van der Waals surface area contributed by atoms with Crippen LogP contribution in [0.4, 0.5) is 0 Å². The first-order chi connectivity index (χ1) is 11.0.